The number of carbonyl (C=O) groups excluding carboxylic acids is 2. The van der Waals surface area contributed by atoms with Crippen LogP contribution in [-0.2, 0) is 36.1 Å². The summed E-state index contributed by atoms with van der Waals surface area (Å²) in [6, 6.07) is 6.03. The van der Waals surface area contributed by atoms with Crippen molar-refractivity contribution in [2.45, 2.75) is 51.7 Å². The Kier molecular flexibility index (Phi) is 8.38. The molecule has 0 bridgehead atoms. The lowest BCUT2D eigenvalue weighted by atomic mass is 9.51. The van der Waals surface area contributed by atoms with Crippen molar-refractivity contribution < 1.29 is 28.9 Å². The summed E-state index contributed by atoms with van der Waals surface area (Å²) in [5, 5.41) is 10.6. The highest BCUT2D eigenvalue weighted by atomic mass is 127. The minimum absolute atomic E-state index is 0.00676. The number of hydrogen-bond acceptors (Lipinski definition) is 10. The molecule has 2 aromatic carbocycles. The van der Waals surface area contributed by atoms with Crippen molar-refractivity contribution in [2.24, 2.45) is 18.4 Å². The first-order valence-corrected chi connectivity index (χ1v) is 17.4. The van der Waals surface area contributed by atoms with Gasteiger partial charge in [-0.3, -0.25) is 14.4 Å². The summed E-state index contributed by atoms with van der Waals surface area (Å²) in [5.41, 5.74) is 0.141. The predicted octanol–water partition coefficient (Wildman–Crippen LogP) is 3.03. The summed E-state index contributed by atoms with van der Waals surface area (Å²) in [6.07, 6.45) is 3.35. The highest BCUT2D eigenvalue weighted by Crippen LogP contribution is 2.60. The van der Waals surface area contributed by atoms with Crippen LogP contribution < -0.4 is 31.1 Å². The van der Waals surface area contributed by atoms with Gasteiger partial charge in [0.15, 0.2) is 34.6 Å². The number of ketones is 2. The highest BCUT2D eigenvalue weighted by Gasteiger charge is 2.59. The van der Waals surface area contributed by atoms with Crippen LogP contribution in [0.4, 0.5) is 0 Å². The minimum atomic E-state index is -1.20. The van der Waals surface area contributed by atoms with Crippen molar-refractivity contribution in [3.8, 4) is 23.0 Å². The first kappa shape index (κ1) is 34.5. The predicted molar refractivity (Wildman–Crippen MR) is 194 cm³/mol. The number of aryl methyl sites for hydroxylation is 2. The van der Waals surface area contributed by atoms with Crippen molar-refractivity contribution in [1.82, 2.24) is 23.5 Å². The number of aromatic nitrogens is 5. The molecule has 1 aliphatic heterocycles. The van der Waals surface area contributed by atoms with Gasteiger partial charge in [0.25, 0.3) is 5.56 Å². The van der Waals surface area contributed by atoms with Crippen LogP contribution in [0.15, 0.2) is 61.9 Å². The molecule has 2 aromatic heterocycles. The van der Waals surface area contributed by atoms with Gasteiger partial charge in [-0.1, -0.05) is 13.0 Å². The van der Waals surface area contributed by atoms with Crippen LogP contribution in [0.25, 0.3) is 11.0 Å². The Morgan fingerprint density at radius 2 is 1.67 bits per heavy atom. The second-order valence-corrected chi connectivity index (χ2v) is 14.5. The standard InChI is InChI=1S/C36H36IN5O9/c1-17-11-26(43)20-14-24-19(30(36(20,2)32(17)45)18-12-21(37)31(44)29(13-18)51-6)7-10-41-34(47)40(35(48)42(24)41)9-8-22-33(46)39(3)25-16-28(50-5)27(49-4)15-23(25)38-22/h7,11-13,15-16,20,24,30,44H,8-10,14H2,1-6H3/t20-,24+,30-,36+/m0/s1. The third-order valence-electron chi connectivity index (χ3n) is 10.8. The summed E-state index contributed by atoms with van der Waals surface area (Å²) in [6.45, 7) is 3.35. The van der Waals surface area contributed by atoms with Crippen LogP contribution in [0.1, 0.15) is 43.5 Å². The molecule has 4 aromatic rings. The molecule has 3 heterocycles. The highest BCUT2D eigenvalue weighted by molar-refractivity contribution is 14.1. The monoisotopic (exact) mass is 809 g/mol. The Bertz CT molecular complexity index is 2430. The van der Waals surface area contributed by atoms with E-state index in [1.807, 2.05) is 28.7 Å². The molecule has 4 atom stereocenters. The van der Waals surface area contributed by atoms with Gasteiger partial charge in [0.1, 0.15) is 5.69 Å². The summed E-state index contributed by atoms with van der Waals surface area (Å²) in [5.74, 6) is -0.830. The molecule has 1 fully saturated rings. The van der Waals surface area contributed by atoms with E-state index in [0.717, 1.165) is 10.1 Å². The van der Waals surface area contributed by atoms with Gasteiger partial charge in [-0.2, -0.15) is 0 Å². The van der Waals surface area contributed by atoms with Crippen LogP contribution in [-0.4, -0.2) is 61.5 Å². The Balaban J connectivity index is 1.31. The fraction of sp³-hybridized carbons (Fsp3) is 0.389. The molecule has 0 radical (unpaired) electrons. The van der Waals surface area contributed by atoms with E-state index in [1.165, 1.54) is 41.3 Å². The van der Waals surface area contributed by atoms with Gasteiger partial charge in [0.2, 0.25) is 0 Å². The molecule has 1 saturated carbocycles. The third kappa shape index (κ3) is 5.02. The van der Waals surface area contributed by atoms with Gasteiger partial charge in [-0.05, 0) is 70.9 Å². The van der Waals surface area contributed by atoms with E-state index in [4.69, 9.17) is 14.2 Å². The van der Waals surface area contributed by atoms with E-state index >= 15 is 0 Å². The van der Waals surface area contributed by atoms with Gasteiger partial charge in [-0.25, -0.2) is 28.5 Å². The molecule has 0 unspecified atom stereocenters. The largest absolute Gasteiger partial charge is 0.504 e. The molecule has 15 heteroatoms. The zero-order valence-electron chi connectivity index (χ0n) is 28.9. The van der Waals surface area contributed by atoms with E-state index in [2.05, 4.69) is 4.98 Å². The number of benzene rings is 2. The van der Waals surface area contributed by atoms with E-state index < -0.39 is 34.7 Å². The Morgan fingerprint density at radius 1 is 0.980 bits per heavy atom. The first-order valence-electron chi connectivity index (χ1n) is 16.3. The average Bonchev–Trinajstić information content (AvgIpc) is 3.36. The van der Waals surface area contributed by atoms with E-state index in [0.29, 0.717) is 37.2 Å². The number of hydrogen-bond donors (Lipinski definition) is 1. The molecule has 14 nitrogen and oxygen atoms in total. The Morgan fingerprint density at radius 3 is 2.35 bits per heavy atom. The Hall–Kier alpha value is -4.93. The quantitative estimate of drug-likeness (QED) is 0.217. The van der Waals surface area contributed by atoms with Crippen molar-refractivity contribution in [3.05, 3.63) is 93.7 Å². The zero-order chi connectivity index (χ0) is 36.7. The molecule has 2 aliphatic carbocycles. The van der Waals surface area contributed by atoms with E-state index in [9.17, 15) is 29.1 Å². The van der Waals surface area contributed by atoms with Crippen LogP contribution in [0, 0.1) is 14.9 Å². The van der Waals surface area contributed by atoms with E-state index in [1.54, 1.807) is 45.2 Å². The van der Waals surface area contributed by atoms with Crippen molar-refractivity contribution in [2.75, 3.05) is 21.3 Å². The van der Waals surface area contributed by atoms with Crippen molar-refractivity contribution in [3.63, 3.8) is 0 Å². The number of fused-ring (bicyclic) bond motifs is 5. The fourth-order valence-corrected chi connectivity index (χ4v) is 8.91. The van der Waals surface area contributed by atoms with Crippen LogP contribution in [0.2, 0.25) is 0 Å². The number of rotatable bonds is 7. The summed E-state index contributed by atoms with van der Waals surface area (Å²) in [4.78, 5) is 73.8. The number of methoxy groups -OCH3 is 3. The smallest absolute Gasteiger partial charge is 0.347 e. The topological polar surface area (TPSA) is 166 Å². The number of carbonyl (C=O) groups is 2. The maximum atomic E-state index is 14.2. The number of phenolic OH excluding ortho intramolecular Hbond substituents is 1. The maximum Gasteiger partial charge on any atom is 0.347 e. The molecule has 51 heavy (non-hydrogen) atoms. The van der Waals surface area contributed by atoms with Gasteiger partial charge < -0.3 is 23.9 Å². The van der Waals surface area contributed by atoms with Gasteiger partial charge in [0, 0.05) is 44.0 Å². The minimum Gasteiger partial charge on any atom is -0.504 e. The van der Waals surface area contributed by atoms with Gasteiger partial charge in [0.05, 0.1) is 53.9 Å². The summed E-state index contributed by atoms with van der Waals surface area (Å²) in [7, 11) is 6.04. The Labute approximate surface area is 304 Å². The number of ether oxygens (including phenoxy) is 3. The van der Waals surface area contributed by atoms with Crippen LogP contribution in [0.3, 0.4) is 0 Å². The second-order valence-electron chi connectivity index (χ2n) is 13.3. The number of nitrogens with zero attached hydrogens (tertiary/aromatic N) is 5. The first-order chi connectivity index (χ1) is 24.3. The van der Waals surface area contributed by atoms with Crippen molar-refractivity contribution in [1.29, 1.82) is 0 Å². The molecule has 7 rings (SSSR count). The maximum absolute atomic E-state index is 14.2. The van der Waals surface area contributed by atoms with Gasteiger partial charge >= 0.3 is 11.4 Å². The number of allylic oxidation sites excluding steroid dienone is 4. The fourth-order valence-electron chi connectivity index (χ4n) is 8.28. The molecule has 1 N–H and O–H groups in total. The summed E-state index contributed by atoms with van der Waals surface area (Å²) < 4.78 is 22.0. The number of aromatic hydroxyl groups is 1. The normalized spacial score (nSPS) is 22.5. The average molecular weight is 810 g/mol. The second kappa shape index (κ2) is 12.4. The van der Waals surface area contributed by atoms with Crippen LogP contribution in [0.5, 0.6) is 23.0 Å². The number of Topliss-reactive ketones (excluding diaryl/α,β-unsaturated/α-hetero) is 1. The molecule has 0 amide bonds. The third-order valence-corrected chi connectivity index (χ3v) is 11.6. The summed E-state index contributed by atoms with van der Waals surface area (Å²) >= 11 is 1.99. The number of phenols is 1. The SMILES string of the molecule is COc1cc2nc(CCn3c(=O)n4n(c3=O)[C@@H]3C[C@H]5C(=O)C=C(C)C(=O)[C@@]5(C)[C@@H](c5cc(I)c(O)c(OC)c5)C3=CC4)c(=O)n(C)c2cc1OC. The molecule has 0 saturated heterocycles. The lowest BCUT2D eigenvalue weighted by Crippen LogP contribution is -2.54. The van der Waals surface area contributed by atoms with Crippen molar-refractivity contribution >= 4 is 45.2 Å². The lowest BCUT2D eigenvalue weighted by Gasteiger charge is -2.52. The van der Waals surface area contributed by atoms with Gasteiger partial charge in [-0.15, -0.1) is 0 Å². The molecular weight excluding hydrogens is 773 g/mol. The van der Waals surface area contributed by atoms with Crippen LogP contribution >= 0.6 is 22.6 Å². The molecule has 3 aliphatic rings. The molecular formula is C36H36IN5O9. The van der Waals surface area contributed by atoms with E-state index in [-0.39, 0.29) is 60.2 Å². The molecule has 0 spiro atoms. The zero-order valence-corrected chi connectivity index (χ0v) is 31.0. The molecule has 266 valence electrons. The number of halogens is 1. The lowest BCUT2D eigenvalue weighted by molar-refractivity contribution is -0.139.